The number of para-hydroxylation sites is 1. The number of nitrogens with zero attached hydrogens (tertiary/aromatic N) is 3. The molecular weight excluding hydrogens is 376 g/mol. The summed E-state index contributed by atoms with van der Waals surface area (Å²) in [7, 11) is 0. The third-order valence-corrected chi connectivity index (χ3v) is 5.47. The number of anilines is 2. The van der Waals surface area contributed by atoms with E-state index in [1.807, 2.05) is 48.5 Å². The van der Waals surface area contributed by atoms with Gasteiger partial charge in [0, 0.05) is 31.2 Å². The summed E-state index contributed by atoms with van der Waals surface area (Å²) < 4.78 is 5.96. The van der Waals surface area contributed by atoms with Crippen molar-refractivity contribution in [2.24, 2.45) is 5.92 Å². The van der Waals surface area contributed by atoms with Gasteiger partial charge in [-0.25, -0.2) is 9.97 Å². The van der Waals surface area contributed by atoms with Crippen molar-refractivity contribution >= 4 is 17.4 Å². The fraction of sp³-hybridized carbons (Fsp3) is 0.292. The molecule has 1 N–H and O–H groups in total. The Labute approximate surface area is 176 Å². The molecule has 1 unspecified atom stereocenters. The Morgan fingerprint density at radius 3 is 2.67 bits per heavy atom. The van der Waals surface area contributed by atoms with Crippen molar-refractivity contribution in [1.29, 1.82) is 0 Å². The van der Waals surface area contributed by atoms with Crippen LogP contribution in [0.2, 0.25) is 0 Å². The number of nitrogens with one attached hydrogen (secondary N) is 1. The van der Waals surface area contributed by atoms with Gasteiger partial charge >= 0.3 is 0 Å². The SMILES string of the molecule is Cc1ccc(NC(=O)C2CCCN(c3nccnc3Oc3ccccc3)C2)cc1C. The zero-order valence-electron chi connectivity index (χ0n) is 17.3. The Morgan fingerprint density at radius 2 is 1.87 bits per heavy atom. The standard InChI is InChI=1S/C24H26N4O2/c1-17-10-11-20(15-18(17)2)27-23(29)19-7-6-14-28(16-19)22-24(26-13-12-25-22)30-21-8-4-3-5-9-21/h3-5,8-13,15,19H,6-7,14,16H2,1-2H3,(H,27,29). The molecule has 4 rings (SSSR count). The topological polar surface area (TPSA) is 67.4 Å². The number of ether oxygens (including phenoxy) is 1. The minimum atomic E-state index is -0.119. The van der Waals surface area contributed by atoms with Crippen molar-refractivity contribution in [2.75, 3.05) is 23.3 Å². The van der Waals surface area contributed by atoms with Crippen LogP contribution in [0.15, 0.2) is 60.9 Å². The predicted octanol–water partition coefficient (Wildman–Crippen LogP) is 4.74. The first-order valence-corrected chi connectivity index (χ1v) is 10.3. The third kappa shape index (κ3) is 4.59. The van der Waals surface area contributed by atoms with Crippen LogP contribution in [0.4, 0.5) is 11.5 Å². The van der Waals surface area contributed by atoms with Crippen LogP contribution in [0.25, 0.3) is 0 Å². The molecule has 0 aliphatic carbocycles. The maximum Gasteiger partial charge on any atom is 0.263 e. The van der Waals surface area contributed by atoms with E-state index in [4.69, 9.17) is 4.74 Å². The molecule has 1 saturated heterocycles. The molecule has 6 heteroatoms. The second-order valence-electron chi connectivity index (χ2n) is 7.67. The van der Waals surface area contributed by atoms with E-state index in [1.165, 1.54) is 11.1 Å². The molecule has 30 heavy (non-hydrogen) atoms. The van der Waals surface area contributed by atoms with Crippen LogP contribution in [0, 0.1) is 19.8 Å². The normalized spacial score (nSPS) is 16.2. The molecule has 154 valence electrons. The van der Waals surface area contributed by atoms with Gasteiger partial charge in [0.05, 0.1) is 5.92 Å². The molecule has 1 aliphatic rings. The van der Waals surface area contributed by atoms with Crippen molar-refractivity contribution in [3.8, 4) is 11.6 Å². The number of rotatable bonds is 5. The number of aromatic nitrogens is 2. The molecule has 1 fully saturated rings. The number of aryl methyl sites for hydroxylation is 2. The number of piperidine rings is 1. The van der Waals surface area contributed by atoms with Crippen LogP contribution in [-0.4, -0.2) is 29.0 Å². The number of carbonyl (C=O) groups is 1. The monoisotopic (exact) mass is 402 g/mol. The average molecular weight is 402 g/mol. The van der Waals surface area contributed by atoms with Crippen LogP contribution in [-0.2, 0) is 4.79 Å². The fourth-order valence-electron chi connectivity index (χ4n) is 3.65. The second-order valence-corrected chi connectivity index (χ2v) is 7.67. The van der Waals surface area contributed by atoms with Crippen LogP contribution in [0.5, 0.6) is 11.6 Å². The molecule has 0 radical (unpaired) electrons. The van der Waals surface area contributed by atoms with Crippen molar-refractivity contribution in [1.82, 2.24) is 9.97 Å². The van der Waals surface area contributed by atoms with E-state index in [0.29, 0.717) is 24.0 Å². The summed E-state index contributed by atoms with van der Waals surface area (Å²) in [5, 5.41) is 3.07. The molecule has 0 bridgehead atoms. The van der Waals surface area contributed by atoms with Crippen molar-refractivity contribution in [3.63, 3.8) is 0 Å². The quantitative estimate of drug-likeness (QED) is 0.668. The second kappa shape index (κ2) is 8.95. The third-order valence-electron chi connectivity index (χ3n) is 5.47. The Hall–Kier alpha value is -3.41. The van der Waals surface area contributed by atoms with Gasteiger partial charge < -0.3 is 15.0 Å². The number of hydrogen-bond donors (Lipinski definition) is 1. The smallest absolute Gasteiger partial charge is 0.263 e. The zero-order valence-corrected chi connectivity index (χ0v) is 17.3. The number of carbonyl (C=O) groups excluding carboxylic acids is 1. The van der Waals surface area contributed by atoms with Gasteiger partial charge in [-0.1, -0.05) is 24.3 Å². The van der Waals surface area contributed by atoms with Gasteiger partial charge in [0.25, 0.3) is 5.88 Å². The molecule has 1 aromatic heterocycles. The minimum absolute atomic E-state index is 0.0392. The van der Waals surface area contributed by atoms with Gasteiger partial charge in [0.2, 0.25) is 5.91 Å². The van der Waals surface area contributed by atoms with Gasteiger partial charge in [-0.3, -0.25) is 4.79 Å². The van der Waals surface area contributed by atoms with Crippen LogP contribution in [0.3, 0.4) is 0 Å². The fourth-order valence-corrected chi connectivity index (χ4v) is 3.65. The highest BCUT2D eigenvalue weighted by Gasteiger charge is 2.28. The van der Waals surface area contributed by atoms with Crippen LogP contribution < -0.4 is 15.0 Å². The van der Waals surface area contributed by atoms with E-state index in [0.717, 1.165) is 25.1 Å². The molecule has 3 aromatic rings. The molecule has 1 atom stereocenters. The van der Waals surface area contributed by atoms with E-state index >= 15 is 0 Å². The lowest BCUT2D eigenvalue weighted by atomic mass is 9.97. The summed E-state index contributed by atoms with van der Waals surface area (Å²) in [5.74, 6) is 1.76. The first-order valence-electron chi connectivity index (χ1n) is 10.3. The summed E-state index contributed by atoms with van der Waals surface area (Å²) in [4.78, 5) is 23.9. The van der Waals surface area contributed by atoms with Crippen LogP contribution in [0.1, 0.15) is 24.0 Å². The Morgan fingerprint density at radius 1 is 1.07 bits per heavy atom. The van der Waals surface area contributed by atoms with Crippen LogP contribution >= 0.6 is 0 Å². The van der Waals surface area contributed by atoms with Crippen molar-refractivity contribution in [2.45, 2.75) is 26.7 Å². The molecule has 0 saturated carbocycles. The summed E-state index contributed by atoms with van der Waals surface area (Å²) >= 11 is 0. The van der Waals surface area contributed by atoms with E-state index < -0.39 is 0 Å². The summed E-state index contributed by atoms with van der Waals surface area (Å²) in [6, 6.07) is 15.5. The maximum atomic E-state index is 12.9. The first-order chi connectivity index (χ1) is 14.6. The molecule has 2 heterocycles. The Balaban J connectivity index is 1.47. The van der Waals surface area contributed by atoms with Crippen molar-refractivity contribution < 1.29 is 9.53 Å². The lowest BCUT2D eigenvalue weighted by Crippen LogP contribution is -2.41. The summed E-state index contributed by atoms with van der Waals surface area (Å²) in [5.41, 5.74) is 3.22. The van der Waals surface area contributed by atoms with Gasteiger partial charge in [0.1, 0.15) is 5.75 Å². The minimum Gasteiger partial charge on any atom is -0.436 e. The molecular formula is C24H26N4O2. The highest BCUT2D eigenvalue weighted by Crippen LogP contribution is 2.31. The molecule has 2 aromatic carbocycles. The van der Waals surface area contributed by atoms with E-state index in [1.54, 1.807) is 12.4 Å². The largest absolute Gasteiger partial charge is 0.436 e. The highest BCUT2D eigenvalue weighted by atomic mass is 16.5. The first kappa shape index (κ1) is 19.9. The Kier molecular flexibility index (Phi) is 5.93. The summed E-state index contributed by atoms with van der Waals surface area (Å²) in [6.45, 7) is 5.52. The van der Waals surface area contributed by atoms with Gasteiger partial charge in [0.15, 0.2) is 5.82 Å². The van der Waals surface area contributed by atoms with Gasteiger partial charge in [-0.05, 0) is 62.1 Å². The number of benzene rings is 2. The van der Waals surface area contributed by atoms with E-state index in [9.17, 15) is 4.79 Å². The number of hydrogen-bond acceptors (Lipinski definition) is 5. The molecule has 1 aliphatic heterocycles. The zero-order chi connectivity index (χ0) is 20.9. The average Bonchev–Trinajstić information content (AvgIpc) is 2.77. The Bertz CT molecular complexity index is 1020. The summed E-state index contributed by atoms with van der Waals surface area (Å²) in [6.07, 6.45) is 5.04. The van der Waals surface area contributed by atoms with Gasteiger partial charge in [-0.2, -0.15) is 0 Å². The lowest BCUT2D eigenvalue weighted by Gasteiger charge is -2.33. The van der Waals surface area contributed by atoms with Gasteiger partial charge in [-0.15, -0.1) is 0 Å². The maximum absolute atomic E-state index is 12.9. The van der Waals surface area contributed by atoms with E-state index in [-0.39, 0.29) is 11.8 Å². The molecule has 1 amide bonds. The number of amides is 1. The predicted molar refractivity (Wildman–Crippen MR) is 118 cm³/mol. The van der Waals surface area contributed by atoms with E-state index in [2.05, 4.69) is 34.0 Å². The van der Waals surface area contributed by atoms with Crippen molar-refractivity contribution in [3.05, 3.63) is 72.1 Å². The lowest BCUT2D eigenvalue weighted by molar-refractivity contribution is -0.120. The highest BCUT2D eigenvalue weighted by molar-refractivity contribution is 5.93. The molecule has 0 spiro atoms. The molecule has 6 nitrogen and oxygen atoms in total.